The molecule has 1 aromatic carbocycles. The van der Waals surface area contributed by atoms with Crippen molar-refractivity contribution >= 4 is 0 Å². The van der Waals surface area contributed by atoms with E-state index in [1.807, 2.05) is 12.3 Å². The maximum Gasteiger partial charge on any atom is 0.0479 e. The zero-order valence-corrected chi connectivity index (χ0v) is 10.1. The molecule has 16 heavy (non-hydrogen) atoms. The number of hydrogen-bond donors (Lipinski definition) is 0. The molecule has 0 radical (unpaired) electrons. The van der Waals surface area contributed by atoms with Crippen LogP contribution in [0.4, 0.5) is 0 Å². The van der Waals surface area contributed by atoms with E-state index in [-0.39, 0.29) is 0 Å². The van der Waals surface area contributed by atoms with Crippen molar-refractivity contribution in [3.05, 3.63) is 64.5 Å². The highest BCUT2D eigenvalue weighted by atomic mass is 14.7. The summed E-state index contributed by atoms with van der Waals surface area (Å²) in [6.07, 6.45) is 2.90. The molecule has 1 nitrogen and oxygen atoms in total. The van der Waals surface area contributed by atoms with Gasteiger partial charge in [-0.1, -0.05) is 30.3 Å². The van der Waals surface area contributed by atoms with Crippen molar-refractivity contribution < 1.29 is 0 Å². The second-order valence-electron chi connectivity index (χ2n) is 4.30. The van der Waals surface area contributed by atoms with Gasteiger partial charge in [-0.15, -0.1) is 0 Å². The van der Waals surface area contributed by atoms with E-state index in [2.05, 4.69) is 50.0 Å². The van der Waals surface area contributed by atoms with Gasteiger partial charge in [-0.25, -0.2) is 0 Å². The standard InChI is InChI=1S/C15H17N/c1-11-10-16-15(13(3)12(11)2)9-14-7-5-4-6-8-14/h4-8,10H,9H2,1-3H3. The second-order valence-corrected chi connectivity index (χ2v) is 4.30. The Morgan fingerprint density at radius 1 is 0.938 bits per heavy atom. The first kappa shape index (κ1) is 10.9. The lowest BCUT2D eigenvalue weighted by atomic mass is 10.0. The van der Waals surface area contributed by atoms with Crippen LogP contribution in [-0.2, 0) is 6.42 Å². The highest BCUT2D eigenvalue weighted by molar-refractivity contribution is 5.36. The molecule has 0 spiro atoms. The van der Waals surface area contributed by atoms with Crippen molar-refractivity contribution in [1.29, 1.82) is 0 Å². The van der Waals surface area contributed by atoms with Crippen molar-refractivity contribution in [2.24, 2.45) is 0 Å². The van der Waals surface area contributed by atoms with Crippen molar-refractivity contribution in [2.45, 2.75) is 27.2 Å². The number of hydrogen-bond acceptors (Lipinski definition) is 1. The average molecular weight is 211 g/mol. The molecule has 0 N–H and O–H groups in total. The molecule has 2 aromatic rings. The Morgan fingerprint density at radius 2 is 1.62 bits per heavy atom. The Hall–Kier alpha value is -1.63. The van der Waals surface area contributed by atoms with Crippen molar-refractivity contribution in [2.75, 3.05) is 0 Å². The van der Waals surface area contributed by atoms with Crippen LogP contribution in [0.5, 0.6) is 0 Å². The number of pyridine rings is 1. The van der Waals surface area contributed by atoms with E-state index in [0.717, 1.165) is 6.42 Å². The quantitative estimate of drug-likeness (QED) is 0.739. The Balaban J connectivity index is 2.33. The zero-order chi connectivity index (χ0) is 11.5. The fourth-order valence-corrected chi connectivity index (χ4v) is 1.85. The molecule has 0 aliphatic carbocycles. The Morgan fingerprint density at radius 3 is 2.31 bits per heavy atom. The summed E-state index contributed by atoms with van der Waals surface area (Å²) in [5, 5.41) is 0. The maximum atomic E-state index is 4.53. The molecular formula is C15H17N. The van der Waals surface area contributed by atoms with Gasteiger partial charge < -0.3 is 0 Å². The number of aromatic nitrogens is 1. The molecule has 0 aliphatic rings. The van der Waals surface area contributed by atoms with Crippen LogP contribution in [0.15, 0.2) is 36.5 Å². The van der Waals surface area contributed by atoms with Gasteiger partial charge in [-0.05, 0) is 43.0 Å². The summed E-state index contributed by atoms with van der Waals surface area (Å²) >= 11 is 0. The Bertz CT molecular complexity index is 486. The van der Waals surface area contributed by atoms with Gasteiger partial charge in [0.05, 0.1) is 0 Å². The zero-order valence-electron chi connectivity index (χ0n) is 10.1. The minimum absolute atomic E-state index is 0.924. The minimum Gasteiger partial charge on any atom is -0.260 e. The van der Waals surface area contributed by atoms with Gasteiger partial charge in [-0.3, -0.25) is 4.98 Å². The molecule has 0 fully saturated rings. The van der Waals surface area contributed by atoms with E-state index in [1.54, 1.807) is 0 Å². The lowest BCUT2D eigenvalue weighted by molar-refractivity contribution is 1.01. The smallest absolute Gasteiger partial charge is 0.0479 e. The van der Waals surface area contributed by atoms with E-state index in [0.29, 0.717) is 0 Å². The molecule has 0 atom stereocenters. The van der Waals surface area contributed by atoms with E-state index < -0.39 is 0 Å². The van der Waals surface area contributed by atoms with Crippen LogP contribution in [0.1, 0.15) is 27.9 Å². The minimum atomic E-state index is 0.924. The van der Waals surface area contributed by atoms with Gasteiger partial charge in [-0.2, -0.15) is 0 Å². The second kappa shape index (κ2) is 4.48. The first-order valence-corrected chi connectivity index (χ1v) is 5.64. The molecule has 82 valence electrons. The first-order chi connectivity index (χ1) is 7.68. The summed E-state index contributed by atoms with van der Waals surface area (Å²) in [4.78, 5) is 4.53. The van der Waals surface area contributed by atoms with Crippen LogP contribution in [0.25, 0.3) is 0 Å². The van der Waals surface area contributed by atoms with Crippen LogP contribution in [-0.4, -0.2) is 4.98 Å². The molecule has 0 saturated heterocycles. The van der Waals surface area contributed by atoms with Gasteiger partial charge in [0.2, 0.25) is 0 Å². The van der Waals surface area contributed by atoms with Gasteiger partial charge in [0, 0.05) is 18.3 Å². The van der Waals surface area contributed by atoms with Crippen molar-refractivity contribution in [3.63, 3.8) is 0 Å². The SMILES string of the molecule is Cc1cnc(Cc2ccccc2)c(C)c1C. The van der Waals surface area contributed by atoms with E-state index in [4.69, 9.17) is 0 Å². The van der Waals surface area contributed by atoms with Crippen LogP contribution in [0, 0.1) is 20.8 Å². The molecule has 0 bridgehead atoms. The van der Waals surface area contributed by atoms with E-state index >= 15 is 0 Å². The predicted molar refractivity (Wildman–Crippen MR) is 67.7 cm³/mol. The Kier molecular flexibility index (Phi) is 3.04. The summed E-state index contributed by atoms with van der Waals surface area (Å²) in [5.74, 6) is 0. The monoisotopic (exact) mass is 211 g/mol. The molecule has 0 saturated carbocycles. The van der Waals surface area contributed by atoms with Crippen molar-refractivity contribution in [3.8, 4) is 0 Å². The van der Waals surface area contributed by atoms with Gasteiger partial charge in [0.15, 0.2) is 0 Å². The highest BCUT2D eigenvalue weighted by Gasteiger charge is 2.05. The fourth-order valence-electron chi connectivity index (χ4n) is 1.85. The van der Waals surface area contributed by atoms with Crippen LogP contribution >= 0.6 is 0 Å². The lowest BCUT2D eigenvalue weighted by Crippen LogP contribution is -1.99. The molecule has 1 heteroatoms. The average Bonchev–Trinajstić information content (AvgIpc) is 2.31. The maximum absolute atomic E-state index is 4.53. The third-order valence-corrected chi connectivity index (χ3v) is 3.22. The third kappa shape index (κ3) is 2.13. The molecule has 1 heterocycles. The van der Waals surface area contributed by atoms with Crippen LogP contribution in [0.2, 0.25) is 0 Å². The van der Waals surface area contributed by atoms with E-state index in [1.165, 1.54) is 27.9 Å². The number of aryl methyl sites for hydroxylation is 1. The normalized spacial score (nSPS) is 10.4. The van der Waals surface area contributed by atoms with Gasteiger partial charge >= 0.3 is 0 Å². The van der Waals surface area contributed by atoms with Crippen LogP contribution < -0.4 is 0 Å². The summed E-state index contributed by atoms with van der Waals surface area (Å²) in [6, 6.07) is 10.5. The summed E-state index contributed by atoms with van der Waals surface area (Å²) in [7, 11) is 0. The topological polar surface area (TPSA) is 12.9 Å². The number of nitrogens with zero attached hydrogens (tertiary/aromatic N) is 1. The molecule has 0 unspecified atom stereocenters. The lowest BCUT2D eigenvalue weighted by Gasteiger charge is -2.10. The fraction of sp³-hybridized carbons (Fsp3) is 0.267. The third-order valence-electron chi connectivity index (χ3n) is 3.22. The first-order valence-electron chi connectivity index (χ1n) is 5.64. The summed E-state index contributed by atoms with van der Waals surface area (Å²) in [6.45, 7) is 6.44. The Labute approximate surface area is 97.2 Å². The number of benzene rings is 1. The molecule has 2 rings (SSSR count). The summed E-state index contributed by atoms with van der Waals surface area (Å²) in [5.41, 5.74) is 6.47. The molecule has 0 aliphatic heterocycles. The number of rotatable bonds is 2. The highest BCUT2D eigenvalue weighted by Crippen LogP contribution is 2.17. The predicted octanol–water partition coefficient (Wildman–Crippen LogP) is 3.60. The van der Waals surface area contributed by atoms with E-state index in [9.17, 15) is 0 Å². The van der Waals surface area contributed by atoms with Crippen molar-refractivity contribution in [1.82, 2.24) is 4.98 Å². The molecule has 0 amide bonds. The summed E-state index contributed by atoms with van der Waals surface area (Å²) < 4.78 is 0. The molecular weight excluding hydrogens is 194 g/mol. The van der Waals surface area contributed by atoms with Crippen LogP contribution in [0.3, 0.4) is 0 Å². The van der Waals surface area contributed by atoms with Gasteiger partial charge in [0.1, 0.15) is 0 Å². The largest absolute Gasteiger partial charge is 0.260 e. The molecule has 1 aromatic heterocycles. The van der Waals surface area contributed by atoms with Gasteiger partial charge in [0.25, 0.3) is 0 Å².